The van der Waals surface area contributed by atoms with E-state index in [1.807, 2.05) is 6.92 Å². The standard InChI is InChI=1S/C11H24N2O2/c1-4-10(5-2)13(7-8-14)11(15)9-12-6-3/h10,12,14H,4-9H2,1-3H3. The molecule has 0 atom stereocenters. The van der Waals surface area contributed by atoms with Crippen molar-refractivity contribution in [2.24, 2.45) is 0 Å². The molecule has 0 spiro atoms. The van der Waals surface area contributed by atoms with Crippen molar-refractivity contribution in [3.05, 3.63) is 0 Å². The van der Waals surface area contributed by atoms with Gasteiger partial charge in [-0.05, 0) is 19.4 Å². The molecule has 0 radical (unpaired) electrons. The van der Waals surface area contributed by atoms with Gasteiger partial charge in [0, 0.05) is 12.6 Å². The van der Waals surface area contributed by atoms with Gasteiger partial charge in [0.1, 0.15) is 0 Å². The lowest BCUT2D eigenvalue weighted by atomic mass is 10.1. The van der Waals surface area contributed by atoms with Crippen molar-refractivity contribution in [2.45, 2.75) is 39.7 Å². The third-order valence-electron chi connectivity index (χ3n) is 2.57. The summed E-state index contributed by atoms with van der Waals surface area (Å²) in [7, 11) is 0. The van der Waals surface area contributed by atoms with Gasteiger partial charge >= 0.3 is 0 Å². The molecule has 0 saturated carbocycles. The number of rotatable bonds is 8. The summed E-state index contributed by atoms with van der Waals surface area (Å²) in [6, 6.07) is 0.253. The number of carbonyl (C=O) groups excluding carboxylic acids is 1. The van der Waals surface area contributed by atoms with Crippen molar-refractivity contribution < 1.29 is 9.90 Å². The van der Waals surface area contributed by atoms with Crippen molar-refractivity contribution in [3.63, 3.8) is 0 Å². The topological polar surface area (TPSA) is 52.6 Å². The highest BCUT2D eigenvalue weighted by atomic mass is 16.3. The zero-order valence-electron chi connectivity index (χ0n) is 10.1. The third kappa shape index (κ3) is 5.14. The predicted molar refractivity (Wildman–Crippen MR) is 61.7 cm³/mol. The third-order valence-corrected chi connectivity index (χ3v) is 2.57. The van der Waals surface area contributed by atoms with Crippen LogP contribution in [0.15, 0.2) is 0 Å². The molecule has 90 valence electrons. The molecular weight excluding hydrogens is 192 g/mol. The van der Waals surface area contributed by atoms with Crippen molar-refractivity contribution in [3.8, 4) is 0 Å². The van der Waals surface area contributed by atoms with Gasteiger partial charge in [-0.1, -0.05) is 20.8 Å². The number of carbonyl (C=O) groups is 1. The maximum atomic E-state index is 11.8. The molecule has 2 N–H and O–H groups in total. The lowest BCUT2D eigenvalue weighted by molar-refractivity contribution is -0.133. The van der Waals surface area contributed by atoms with E-state index >= 15 is 0 Å². The maximum Gasteiger partial charge on any atom is 0.236 e. The van der Waals surface area contributed by atoms with E-state index in [1.165, 1.54) is 0 Å². The summed E-state index contributed by atoms with van der Waals surface area (Å²) < 4.78 is 0. The van der Waals surface area contributed by atoms with E-state index in [1.54, 1.807) is 4.90 Å². The summed E-state index contributed by atoms with van der Waals surface area (Å²) in [5.74, 6) is 0.0830. The van der Waals surface area contributed by atoms with Crippen LogP contribution in [0, 0.1) is 0 Å². The van der Waals surface area contributed by atoms with E-state index in [-0.39, 0.29) is 18.6 Å². The molecule has 0 aliphatic heterocycles. The van der Waals surface area contributed by atoms with Crippen molar-refractivity contribution in [2.75, 3.05) is 26.2 Å². The number of aliphatic hydroxyl groups excluding tert-OH is 1. The Morgan fingerprint density at radius 3 is 2.33 bits per heavy atom. The summed E-state index contributed by atoms with van der Waals surface area (Å²) in [5, 5.41) is 12.0. The molecule has 15 heavy (non-hydrogen) atoms. The largest absolute Gasteiger partial charge is 0.395 e. The van der Waals surface area contributed by atoms with Gasteiger partial charge in [-0.25, -0.2) is 0 Å². The zero-order chi connectivity index (χ0) is 11.7. The molecule has 0 aliphatic carbocycles. The summed E-state index contributed by atoms with van der Waals surface area (Å²) in [6.07, 6.45) is 1.88. The molecule has 0 aliphatic rings. The average Bonchev–Trinajstić information content (AvgIpc) is 2.26. The van der Waals surface area contributed by atoms with Crippen LogP contribution >= 0.6 is 0 Å². The first-order chi connectivity index (χ1) is 7.21. The first-order valence-electron chi connectivity index (χ1n) is 5.82. The fourth-order valence-electron chi connectivity index (χ4n) is 1.68. The molecule has 0 fully saturated rings. The van der Waals surface area contributed by atoms with Crippen LogP contribution in [0.2, 0.25) is 0 Å². The summed E-state index contributed by atoms with van der Waals surface area (Å²) in [6.45, 7) is 7.75. The second-order valence-electron chi connectivity index (χ2n) is 3.56. The second kappa shape index (κ2) is 8.68. The predicted octanol–water partition coefficient (Wildman–Crippen LogP) is 0.605. The Bertz CT molecular complexity index is 170. The fraction of sp³-hybridized carbons (Fsp3) is 0.909. The number of nitrogens with one attached hydrogen (secondary N) is 1. The number of amides is 1. The van der Waals surface area contributed by atoms with Crippen molar-refractivity contribution in [1.29, 1.82) is 0 Å². The summed E-state index contributed by atoms with van der Waals surface area (Å²) in [5.41, 5.74) is 0. The highest BCUT2D eigenvalue weighted by molar-refractivity contribution is 5.78. The summed E-state index contributed by atoms with van der Waals surface area (Å²) in [4.78, 5) is 13.6. The monoisotopic (exact) mass is 216 g/mol. The minimum Gasteiger partial charge on any atom is -0.395 e. The lowest BCUT2D eigenvalue weighted by Gasteiger charge is -2.30. The van der Waals surface area contributed by atoms with Crippen LogP contribution < -0.4 is 5.32 Å². The van der Waals surface area contributed by atoms with Gasteiger partial charge in [0.15, 0.2) is 0 Å². The minimum atomic E-state index is 0.0361. The van der Waals surface area contributed by atoms with Gasteiger partial charge in [0.05, 0.1) is 13.2 Å². The normalized spacial score (nSPS) is 10.7. The van der Waals surface area contributed by atoms with Gasteiger partial charge in [-0.15, -0.1) is 0 Å². The average molecular weight is 216 g/mol. The molecule has 1 amide bonds. The number of hydrogen-bond donors (Lipinski definition) is 2. The number of aliphatic hydroxyl groups is 1. The van der Waals surface area contributed by atoms with Gasteiger partial charge in [-0.2, -0.15) is 0 Å². The van der Waals surface area contributed by atoms with Crippen LogP contribution in [0.25, 0.3) is 0 Å². The van der Waals surface area contributed by atoms with E-state index in [9.17, 15) is 4.79 Å². The SMILES string of the molecule is CCNCC(=O)N(CCO)C(CC)CC. The zero-order valence-corrected chi connectivity index (χ0v) is 10.1. The molecule has 0 bridgehead atoms. The Balaban J connectivity index is 4.28. The first-order valence-corrected chi connectivity index (χ1v) is 5.82. The molecular formula is C11H24N2O2. The molecule has 0 rings (SSSR count). The van der Waals surface area contributed by atoms with Crippen molar-refractivity contribution in [1.82, 2.24) is 10.2 Å². The van der Waals surface area contributed by atoms with Gasteiger partial charge < -0.3 is 15.3 Å². The van der Waals surface area contributed by atoms with Crippen LogP contribution in [0.1, 0.15) is 33.6 Å². The molecule has 0 heterocycles. The number of hydrogen-bond acceptors (Lipinski definition) is 3. The molecule has 4 nitrogen and oxygen atoms in total. The number of nitrogens with zero attached hydrogens (tertiary/aromatic N) is 1. The molecule has 4 heteroatoms. The Hall–Kier alpha value is -0.610. The Morgan fingerprint density at radius 2 is 1.93 bits per heavy atom. The van der Waals surface area contributed by atoms with E-state index in [4.69, 9.17) is 5.11 Å². The minimum absolute atomic E-state index is 0.0361. The molecule has 0 aromatic carbocycles. The van der Waals surface area contributed by atoms with E-state index in [0.717, 1.165) is 19.4 Å². The summed E-state index contributed by atoms with van der Waals surface area (Å²) >= 11 is 0. The number of likely N-dealkylation sites (N-methyl/N-ethyl adjacent to an activating group) is 1. The highest BCUT2D eigenvalue weighted by Gasteiger charge is 2.19. The molecule has 0 aromatic heterocycles. The van der Waals surface area contributed by atoms with E-state index < -0.39 is 0 Å². The van der Waals surface area contributed by atoms with E-state index in [2.05, 4.69) is 19.2 Å². The van der Waals surface area contributed by atoms with Gasteiger partial charge in [0.25, 0.3) is 0 Å². The highest BCUT2D eigenvalue weighted by Crippen LogP contribution is 2.08. The van der Waals surface area contributed by atoms with Gasteiger partial charge in [-0.3, -0.25) is 4.79 Å². The smallest absolute Gasteiger partial charge is 0.236 e. The molecule has 0 unspecified atom stereocenters. The van der Waals surface area contributed by atoms with Crippen LogP contribution in [0.3, 0.4) is 0 Å². The van der Waals surface area contributed by atoms with Crippen LogP contribution in [0.5, 0.6) is 0 Å². The van der Waals surface area contributed by atoms with Gasteiger partial charge in [0.2, 0.25) is 5.91 Å². The van der Waals surface area contributed by atoms with E-state index in [0.29, 0.717) is 13.1 Å². The maximum absolute atomic E-state index is 11.8. The van der Waals surface area contributed by atoms with Crippen LogP contribution in [0.4, 0.5) is 0 Å². The second-order valence-corrected chi connectivity index (χ2v) is 3.56. The Kier molecular flexibility index (Phi) is 8.33. The van der Waals surface area contributed by atoms with Crippen LogP contribution in [-0.4, -0.2) is 48.2 Å². The Morgan fingerprint density at radius 1 is 1.33 bits per heavy atom. The quantitative estimate of drug-likeness (QED) is 0.625. The molecule has 0 aromatic rings. The van der Waals surface area contributed by atoms with Crippen LogP contribution in [-0.2, 0) is 4.79 Å². The first kappa shape index (κ1) is 14.4. The fourth-order valence-corrected chi connectivity index (χ4v) is 1.68. The lowest BCUT2D eigenvalue weighted by Crippen LogP contribution is -2.45. The van der Waals surface area contributed by atoms with Crippen molar-refractivity contribution >= 4 is 5.91 Å². The molecule has 0 saturated heterocycles. The Labute approximate surface area is 92.7 Å².